The van der Waals surface area contributed by atoms with E-state index < -0.39 is 0 Å². The largest absolute Gasteiger partial charge is 0.441 e. The zero-order chi connectivity index (χ0) is 23.0. The number of nitrogens with zero attached hydrogens (tertiary/aromatic N) is 1. The SMILES string of the molecule is Cc1ccc(CN2C[C@]3(CC[C@@]4(C)[C@@H](CC[C@@H]5[C@@H]4CC[C@]4(C)C(=O)CC[C@@H]54)C3)OC2=O)cc1. The Kier molecular flexibility index (Phi) is 4.81. The predicted octanol–water partition coefficient (Wildman–Crippen LogP) is 6.30. The molecule has 1 aromatic rings. The molecular formula is C29H39NO3. The number of ether oxygens (including phenoxy) is 1. The van der Waals surface area contributed by atoms with E-state index in [9.17, 15) is 9.59 Å². The van der Waals surface area contributed by atoms with Crippen molar-refractivity contribution in [2.24, 2.45) is 34.5 Å². The molecule has 4 saturated carbocycles. The Morgan fingerprint density at radius 1 is 0.970 bits per heavy atom. The highest BCUT2D eigenvalue weighted by Crippen LogP contribution is 2.66. The summed E-state index contributed by atoms with van der Waals surface area (Å²) < 4.78 is 6.17. The average molecular weight is 450 g/mol. The van der Waals surface area contributed by atoms with Crippen LogP contribution in [0.2, 0.25) is 0 Å². The quantitative estimate of drug-likeness (QED) is 0.532. The molecule has 0 unspecified atom stereocenters. The van der Waals surface area contributed by atoms with Crippen molar-refractivity contribution in [3.63, 3.8) is 0 Å². The second kappa shape index (κ2) is 7.33. The van der Waals surface area contributed by atoms with Gasteiger partial charge in [0, 0.05) is 18.4 Å². The molecule has 1 saturated heterocycles. The van der Waals surface area contributed by atoms with E-state index in [-0.39, 0.29) is 17.1 Å². The Bertz CT molecular complexity index is 972. The van der Waals surface area contributed by atoms with Crippen molar-refractivity contribution in [1.29, 1.82) is 0 Å². The summed E-state index contributed by atoms with van der Waals surface area (Å²) in [6, 6.07) is 8.48. The molecule has 0 aromatic heterocycles. The predicted molar refractivity (Wildman–Crippen MR) is 128 cm³/mol. The zero-order valence-corrected chi connectivity index (χ0v) is 20.6. The lowest BCUT2D eigenvalue weighted by atomic mass is 9.44. The van der Waals surface area contributed by atoms with Crippen LogP contribution in [0.1, 0.15) is 82.8 Å². The van der Waals surface area contributed by atoms with Crippen LogP contribution in [0, 0.1) is 41.4 Å². The number of fused-ring (bicyclic) bond motifs is 5. The molecule has 1 spiro atoms. The Labute approximate surface area is 198 Å². The van der Waals surface area contributed by atoms with Gasteiger partial charge in [0.25, 0.3) is 0 Å². The zero-order valence-electron chi connectivity index (χ0n) is 20.6. The van der Waals surface area contributed by atoms with E-state index in [0.29, 0.717) is 29.6 Å². The summed E-state index contributed by atoms with van der Waals surface area (Å²) in [5.41, 5.74) is 2.40. The van der Waals surface area contributed by atoms with Crippen molar-refractivity contribution in [3.8, 4) is 0 Å². The monoisotopic (exact) mass is 449 g/mol. The minimum atomic E-state index is -0.300. The minimum absolute atomic E-state index is 0.0439. The van der Waals surface area contributed by atoms with Gasteiger partial charge < -0.3 is 4.74 Å². The maximum Gasteiger partial charge on any atom is 0.410 e. The van der Waals surface area contributed by atoms with E-state index in [1.807, 2.05) is 4.90 Å². The van der Waals surface area contributed by atoms with Gasteiger partial charge in [-0.3, -0.25) is 9.69 Å². The molecule has 0 bridgehead atoms. The summed E-state index contributed by atoms with van der Waals surface area (Å²) in [5.74, 6) is 3.22. The molecule has 4 aliphatic carbocycles. The van der Waals surface area contributed by atoms with Crippen molar-refractivity contribution in [3.05, 3.63) is 35.4 Å². The third kappa shape index (κ3) is 3.22. The number of hydrogen-bond acceptors (Lipinski definition) is 3. The standard InChI is InChI=1S/C29H39NO3/c1-19-4-6-20(7-5-19)17-30-18-29(33-26(30)32)15-14-27(2)21(16-29)8-9-22-23-10-11-25(31)28(23,3)13-12-24(22)27/h4-7,21-24H,8-18H2,1-3H3/t21-,22-,23-,24-,27-,28-,29+/m0/s1. The van der Waals surface area contributed by atoms with Gasteiger partial charge in [-0.05, 0) is 92.9 Å². The lowest BCUT2D eigenvalue weighted by molar-refractivity contribution is -0.149. The number of aryl methyl sites for hydroxylation is 1. The van der Waals surface area contributed by atoms with Gasteiger partial charge >= 0.3 is 6.09 Å². The lowest BCUT2D eigenvalue weighted by Crippen LogP contribution is -2.56. The third-order valence-corrected chi connectivity index (χ3v) is 11.0. The highest BCUT2D eigenvalue weighted by molar-refractivity contribution is 5.87. The smallest absolute Gasteiger partial charge is 0.410 e. The molecule has 4 nitrogen and oxygen atoms in total. The van der Waals surface area contributed by atoms with Gasteiger partial charge in [0.05, 0.1) is 6.54 Å². The fraction of sp³-hybridized carbons (Fsp3) is 0.724. The summed E-state index contributed by atoms with van der Waals surface area (Å²) in [6.45, 7) is 8.28. The average Bonchev–Trinajstić information content (AvgIpc) is 3.26. The first-order valence-corrected chi connectivity index (χ1v) is 13.3. The number of amides is 1. The van der Waals surface area contributed by atoms with Crippen molar-refractivity contribution in [1.82, 2.24) is 4.90 Å². The minimum Gasteiger partial charge on any atom is -0.441 e. The van der Waals surface area contributed by atoms with Gasteiger partial charge in [-0.1, -0.05) is 43.7 Å². The van der Waals surface area contributed by atoms with E-state index in [0.717, 1.165) is 56.9 Å². The lowest BCUT2D eigenvalue weighted by Gasteiger charge is -2.61. The van der Waals surface area contributed by atoms with E-state index in [4.69, 9.17) is 4.74 Å². The number of carbonyl (C=O) groups excluding carboxylic acids is 2. The molecule has 6 rings (SSSR count). The van der Waals surface area contributed by atoms with Crippen LogP contribution in [0.3, 0.4) is 0 Å². The number of Topliss-reactive ketones (excluding diaryl/α,β-unsaturated/α-hetero) is 1. The van der Waals surface area contributed by atoms with Crippen LogP contribution >= 0.6 is 0 Å². The summed E-state index contributed by atoms with van der Waals surface area (Å²) >= 11 is 0. The number of carbonyl (C=O) groups is 2. The Morgan fingerprint density at radius 3 is 2.55 bits per heavy atom. The van der Waals surface area contributed by atoms with Crippen LogP contribution in [0.5, 0.6) is 0 Å². The molecule has 0 radical (unpaired) electrons. The van der Waals surface area contributed by atoms with Crippen molar-refractivity contribution >= 4 is 11.9 Å². The molecule has 5 fully saturated rings. The van der Waals surface area contributed by atoms with Gasteiger partial charge in [-0.15, -0.1) is 0 Å². The molecule has 4 heteroatoms. The van der Waals surface area contributed by atoms with Gasteiger partial charge in [0.2, 0.25) is 0 Å². The first-order chi connectivity index (χ1) is 15.7. The van der Waals surface area contributed by atoms with Crippen LogP contribution < -0.4 is 0 Å². The fourth-order valence-corrected chi connectivity index (χ4v) is 9.04. The summed E-state index contributed by atoms with van der Waals surface area (Å²) in [4.78, 5) is 27.5. The molecule has 1 amide bonds. The highest BCUT2D eigenvalue weighted by atomic mass is 16.6. The first kappa shape index (κ1) is 21.7. The molecule has 1 aromatic carbocycles. The molecule has 178 valence electrons. The second-order valence-electron chi connectivity index (χ2n) is 12.7. The van der Waals surface area contributed by atoms with Gasteiger partial charge in [0.1, 0.15) is 11.4 Å². The molecule has 33 heavy (non-hydrogen) atoms. The normalized spacial score (nSPS) is 44.4. The van der Waals surface area contributed by atoms with Crippen LogP contribution in [0.4, 0.5) is 4.79 Å². The molecule has 1 aliphatic heterocycles. The third-order valence-electron chi connectivity index (χ3n) is 11.0. The highest BCUT2D eigenvalue weighted by Gasteiger charge is 2.62. The van der Waals surface area contributed by atoms with E-state index in [1.165, 1.54) is 30.4 Å². The van der Waals surface area contributed by atoms with Crippen molar-refractivity contribution < 1.29 is 14.3 Å². The maximum absolute atomic E-state index is 12.8. The van der Waals surface area contributed by atoms with E-state index in [2.05, 4.69) is 45.0 Å². The van der Waals surface area contributed by atoms with Crippen molar-refractivity contribution in [2.75, 3.05) is 6.54 Å². The maximum atomic E-state index is 12.8. The Morgan fingerprint density at radius 2 is 1.76 bits per heavy atom. The van der Waals surface area contributed by atoms with Gasteiger partial charge in [-0.25, -0.2) is 4.79 Å². The summed E-state index contributed by atoms with van der Waals surface area (Å²) in [7, 11) is 0. The van der Waals surface area contributed by atoms with Crippen molar-refractivity contribution in [2.45, 2.75) is 90.7 Å². The summed E-state index contributed by atoms with van der Waals surface area (Å²) in [6.07, 6.45) is 9.74. The fourth-order valence-electron chi connectivity index (χ4n) is 9.04. The number of benzene rings is 1. The molecule has 0 N–H and O–H groups in total. The molecular weight excluding hydrogens is 410 g/mol. The summed E-state index contributed by atoms with van der Waals surface area (Å²) in [5, 5.41) is 0. The number of rotatable bonds is 2. The first-order valence-electron chi connectivity index (χ1n) is 13.3. The molecule has 1 heterocycles. The number of hydrogen-bond donors (Lipinski definition) is 0. The molecule has 7 atom stereocenters. The van der Waals surface area contributed by atoms with Crippen LogP contribution in [0.15, 0.2) is 24.3 Å². The topological polar surface area (TPSA) is 46.6 Å². The van der Waals surface area contributed by atoms with Gasteiger partial charge in [-0.2, -0.15) is 0 Å². The number of ketones is 1. The Hall–Kier alpha value is -1.84. The van der Waals surface area contributed by atoms with E-state index in [1.54, 1.807) is 0 Å². The van der Waals surface area contributed by atoms with Gasteiger partial charge in [0.15, 0.2) is 0 Å². The van der Waals surface area contributed by atoms with Crippen LogP contribution in [0.25, 0.3) is 0 Å². The van der Waals surface area contributed by atoms with Crippen LogP contribution in [-0.2, 0) is 16.1 Å². The van der Waals surface area contributed by atoms with Crippen LogP contribution in [-0.4, -0.2) is 28.9 Å². The Balaban J connectivity index is 1.18. The molecule has 5 aliphatic rings. The van der Waals surface area contributed by atoms with E-state index >= 15 is 0 Å². The second-order valence-corrected chi connectivity index (χ2v) is 12.7.